The van der Waals surface area contributed by atoms with Crippen molar-refractivity contribution in [3.63, 3.8) is 0 Å². The van der Waals surface area contributed by atoms with Crippen molar-refractivity contribution < 1.29 is 18.6 Å². The van der Waals surface area contributed by atoms with E-state index in [1.807, 2.05) is 13.8 Å². The van der Waals surface area contributed by atoms with Crippen LogP contribution in [0.15, 0.2) is 24.3 Å². The zero-order chi connectivity index (χ0) is 16.9. The lowest BCUT2D eigenvalue weighted by molar-refractivity contribution is -0.384. The summed E-state index contributed by atoms with van der Waals surface area (Å²) in [6, 6.07) is 5.71. The highest BCUT2D eigenvalue weighted by Gasteiger charge is 2.42. The molecule has 2 atom stereocenters. The molecule has 0 aliphatic carbocycles. The molecule has 0 saturated heterocycles. The zero-order valence-corrected chi connectivity index (χ0v) is 14.6. The number of benzene rings is 1. The van der Waals surface area contributed by atoms with Crippen molar-refractivity contribution in [1.29, 1.82) is 0 Å². The molecular formula is C13H19N3O4PS+. The van der Waals surface area contributed by atoms with Crippen LogP contribution in [0.2, 0.25) is 0 Å². The van der Waals surface area contributed by atoms with Gasteiger partial charge in [0.1, 0.15) is 0 Å². The Kier molecular flexibility index (Phi) is 6.35. The smallest absolute Gasteiger partial charge is 0.265 e. The molecule has 7 nitrogen and oxygen atoms in total. The van der Waals surface area contributed by atoms with Gasteiger partial charge in [-0.1, -0.05) is 18.2 Å². The van der Waals surface area contributed by atoms with Gasteiger partial charge in [0.05, 0.1) is 4.92 Å². The van der Waals surface area contributed by atoms with E-state index in [2.05, 4.69) is 0 Å². The fraction of sp³-hybridized carbons (Fsp3) is 0.462. The molecule has 0 heterocycles. The third-order valence-corrected chi connectivity index (χ3v) is 9.39. The first-order valence-corrected chi connectivity index (χ1v) is 9.75. The molecular weight excluding hydrogens is 325 g/mol. The number of nitro benzene ring substituents is 1. The second-order valence-corrected chi connectivity index (χ2v) is 9.98. The van der Waals surface area contributed by atoms with Crippen LogP contribution < -0.4 is 4.67 Å². The molecule has 0 radical (unpaired) electrons. The molecule has 120 valence electrons. The normalized spacial score (nSPS) is 14.5. The van der Waals surface area contributed by atoms with Crippen LogP contribution >= 0.6 is 18.0 Å². The molecule has 0 aromatic heterocycles. The maximum absolute atomic E-state index is 13.3. The van der Waals surface area contributed by atoms with Gasteiger partial charge in [0, 0.05) is 30.1 Å². The second-order valence-electron chi connectivity index (χ2n) is 4.73. The summed E-state index contributed by atoms with van der Waals surface area (Å²) in [5, 5.41) is 10.8. The van der Waals surface area contributed by atoms with Gasteiger partial charge in [-0.3, -0.25) is 14.8 Å². The van der Waals surface area contributed by atoms with E-state index in [4.69, 9.17) is 0 Å². The summed E-state index contributed by atoms with van der Waals surface area (Å²) in [7, 11) is 3.02. The Bertz CT molecular complexity index is 643. The lowest BCUT2D eigenvalue weighted by Gasteiger charge is -2.24. The Hall–Kier alpha value is -1.62. The first kappa shape index (κ1) is 18.4. The van der Waals surface area contributed by atoms with Gasteiger partial charge in [0.15, 0.2) is 7.05 Å². The van der Waals surface area contributed by atoms with Gasteiger partial charge in [-0.2, -0.15) is 4.79 Å². The third kappa shape index (κ3) is 3.97. The molecule has 0 amide bonds. The van der Waals surface area contributed by atoms with Crippen molar-refractivity contribution in [2.45, 2.75) is 25.5 Å². The van der Waals surface area contributed by atoms with Gasteiger partial charge in [0.25, 0.3) is 5.69 Å². The number of isocyanates is 1. The number of nitro groups is 1. The van der Waals surface area contributed by atoms with Crippen LogP contribution in [0.1, 0.15) is 20.3 Å². The van der Waals surface area contributed by atoms with Gasteiger partial charge in [0.2, 0.25) is 0 Å². The highest BCUT2D eigenvalue weighted by molar-refractivity contribution is 8.56. The van der Waals surface area contributed by atoms with Gasteiger partial charge in [-0.15, -0.1) is 0 Å². The fourth-order valence-corrected chi connectivity index (χ4v) is 6.56. The van der Waals surface area contributed by atoms with Crippen molar-refractivity contribution in [3.05, 3.63) is 34.4 Å². The van der Waals surface area contributed by atoms with E-state index in [1.165, 1.54) is 47.4 Å². The summed E-state index contributed by atoms with van der Waals surface area (Å²) in [6.07, 6.45) is 2.47. The Balaban J connectivity index is 3.22. The molecule has 0 aliphatic heterocycles. The molecule has 2 unspecified atom stereocenters. The van der Waals surface area contributed by atoms with E-state index in [0.717, 1.165) is 10.8 Å². The van der Waals surface area contributed by atoms with Crippen LogP contribution in [-0.2, 0) is 9.36 Å². The molecule has 0 N–H and O–H groups in total. The Morgan fingerprint density at radius 1 is 1.41 bits per heavy atom. The Morgan fingerprint density at radius 2 is 1.95 bits per heavy atom. The van der Waals surface area contributed by atoms with E-state index >= 15 is 0 Å². The topological polar surface area (TPSA) is 83.5 Å². The SMILES string of the molecule is CCC(C)SP(=O)(N(C)c1ccc([N+](=O)[O-])cc1)[N+](C)=C=O. The zero-order valence-electron chi connectivity index (χ0n) is 12.9. The molecule has 0 saturated carbocycles. The van der Waals surface area contributed by atoms with E-state index in [9.17, 15) is 19.5 Å². The summed E-state index contributed by atoms with van der Waals surface area (Å²) in [6.45, 7) is 0.656. The number of anilines is 1. The summed E-state index contributed by atoms with van der Waals surface area (Å²) in [4.78, 5) is 21.2. The molecule has 0 aliphatic rings. The number of non-ortho nitro benzene ring substituents is 1. The molecule has 9 heteroatoms. The molecule has 1 aromatic carbocycles. The van der Waals surface area contributed by atoms with Crippen molar-refractivity contribution in [3.8, 4) is 0 Å². The second kappa shape index (κ2) is 7.58. The number of rotatable bonds is 7. The molecule has 22 heavy (non-hydrogen) atoms. The predicted octanol–water partition coefficient (Wildman–Crippen LogP) is 3.65. The molecule has 0 fully saturated rings. The van der Waals surface area contributed by atoms with E-state index in [-0.39, 0.29) is 10.9 Å². The van der Waals surface area contributed by atoms with E-state index in [0.29, 0.717) is 5.69 Å². The fourth-order valence-electron chi connectivity index (χ4n) is 1.64. The molecule has 1 aromatic rings. The minimum Gasteiger partial charge on any atom is -0.265 e. The summed E-state index contributed by atoms with van der Waals surface area (Å²) < 4.78 is 15.8. The number of nitrogens with zero attached hydrogens (tertiary/aromatic N) is 3. The predicted molar refractivity (Wildman–Crippen MR) is 88.3 cm³/mol. The summed E-state index contributed by atoms with van der Waals surface area (Å²) in [5.41, 5.74) is 0.490. The van der Waals surface area contributed by atoms with Gasteiger partial charge >= 0.3 is 12.7 Å². The summed E-state index contributed by atoms with van der Waals surface area (Å²) in [5.74, 6) is 0. The van der Waals surface area contributed by atoms with Crippen LogP contribution in [0.4, 0.5) is 11.4 Å². The van der Waals surface area contributed by atoms with Crippen LogP contribution in [0.3, 0.4) is 0 Å². The van der Waals surface area contributed by atoms with Crippen molar-refractivity contribution in [2.24, 2.45) is 0 Å². The van der Waals surface area contributed by atoms with E-state index < -0.39 is 11.6 Å². The lowest BCUT2D eigenvalue weighted by atomic mass is 10.3. The minimum atomic E-state index is -3.24. The number of carbonyl (C=O) groups excluding carboxylic acids is 1. The Labute approximate surface area is 133 Å². The van der Waals surface area contributed by atoms with Crippen molar-refractivity contribution in [1.82, 2.24) is 0 Å². The maximum atomic E-state index is 13.3. The van der Waals surface area contributed by atoms with Crippen molar-refractivity contribution in [2.75, 3.05) is 18.8 Å². The molecule has 1 rings (SSSR count). The minimum absolute atomic E-state index is 0.0446. The monoisotopic (exact) mass is 344 g/mol. The third-order valence-electron chi connectivity index (χ3n) is 3.22. The largest absolute Gasteiger partial charge is 0.485 e. The molecule has 0 spiro atoms. The van der Waals surface area contributed by atoms with Crippen LogP contribution in [0, 0.1) is 10.1 Å². The average Bonchev–Trinajstić information content (AvgIpc) is 2.52. The van der Waals surface area contributed by atoms with E-state index in [1.54, 1.807) is 13.1 Å². The van der Waals surface area contributed by atoms with Crippen LogP contribution in [-0.4, -0.2) is 34.7 Å². The average molecular weight is 344 g/mol. The maximum Gasteiger partial charge on any atom is 0.485 e. The Morgan fingerprint density at radius 3 is 2.36 bits per heavy atom. The van der Waals surface area contributed by atoms with Gasteiger partial charge in [-0.25, -0.2) is 4.57 Å². The van der Waals surface area contributed by atoms with Crippen LogP contribution in [0.5, 0.6) is 0 Å². The standard InChI is InChI=1S/C13H19N3O4PS/c1-5-11(2)22-21(20,14(3)10-17)15(4)12-6-8-13(9-7-12)16(18)19/h6-9,11H,5H2,1-4H3/q+1. The lowest BCUT2D eigenvalue weighted by Crippen LogP contribution is -2.20. The van der Waals surface area contributed by atoms with Crippen LogP contribution in [0.25, 0.3) is 0 Å². The highest BCUT2D eigenvalue weighted by atomic mass is 32.7. The number of hydrogen-bond donors (Lipinski definition) is 0. The quantitative estimate of drug-likeness (QED) is 0.247. The van der Waals surface area contributed by atoms with Gasteiger partial charge in [-0.05, 0) is 29.9 Å². The number of hydrogen-bond acceptors (Lipinski definition) is 5. The molecule has 0 bridgehead atoms. The summed E-state index contributed by atoms with van der Waals surface area (Å²) >= 11 is 1.20. The first-order chi connectivity index (χ1) is 10.3. The first-order valence-electron chi connectivity index (χ1n) is 6.65. The van der Waals surface area contributed by atoms with Crippen molar-refractivity contribution >= 4 is 35.5 Å². The highest BCUT2D eigenvalue weighted by Crippen LogP contribution is 2.63. The van der Waals surface area contributed by atoms with Gasteiger partial charge < -0.3 is 0 Å².